The molecular formula is C24H23FO7. The number of ether oxygens (including phenoxy) is 4. The molecule has 0 atom stereocenters. The number of fused-ring (bicyclic) bond motifs is 2. The lowest BCUT2D eigenvalue weighted by molar-refractivity contribution is -0.150. The van der Waals surface area contributed by atoms with Crippen LogP contribution >= 0.6 is 0 Å². The summed E-state index contributed by atoms with van der Waals surface area (Å²) in [7, 11) is 0. The van der Waals surface area contributed by atoms with Crippen LogP contribution in [0.15, 0.2) is 54.1 Å². The fraction of sp³-hybridized carbons (Fsp3) is 0.292. The molecule has 168 valence electrons. The normalized spacial score (nSPS) is 14.2. The van der Waals surface area contributed by atoms with Gasteiger partial charge >= 0.3 is 17.9 Å². The van der Waals surface area contributed by atoms with Crippen molar-refractivity contribution in [2.45, 2.75) is 26.2 Å². The summed E-state index contributed by atoms with van der Waals surface area (Å²) >= 11 is 0. The maximum atomic E-state index is 13.1. The van der Waals surface area contributed by atoms with Gasteiger partial charge in [0.2, 0.25) is 0 Å². The molecule has 0 unspecified atom stereocenters. The molecule has 0 N–H and O–H groups in total. The quantitative estimate of drug-likeness (QED) is 0.381. The fourth-order valence-corrected chi connectivity index (χ4v) is 3.16. The summed E-state index contributed by atoms with van der Waals surface area (Å²) < 4.78 is 33.2. The molecule has 0 aliphatic carbocycles. The molecule has 2 aliphatic heterocycles. The molecule has 7 nitrogen and oxygen atoms in total. The molecule has 2 aromatic rings. The lowest BCUT2D eigenvalue weighted by atomic mass is 10.00. The second-order valence-corrected chi connectivity index (χ2v) is 6.84. The standard InChI is InChI=1S/C12H7FO4.C12H16O3/c13-6-1-2-7-9(5-6)16-4-3-8-10(7)12(15)17-11(8)14;1-2-14-12(13)9-6-10-15-11-7-4-3-5-8-11/h1-2,5H,3-4H2;3-5,7-8H,2,6,9-10H2,1H3. The van der Waals surface area contributed by atoms with Crippen molar-refractivity contribution in [3.05, 3.63) is 65.5 Å². The smallest absolute Gasteiger partial charge is 0.347 e. The van der Waals surface area contributed by atoms with E-state index in [4.69, 9.17) is 14.2 Å². The van der Waals surface area contributed by atoms with Gasteiger partial charge in [0.1, 0.15) is 17.3 Å². The Balaban J connectivity index is 0.000000183. The van der Waals surface area contributed by atoms with Crippen molar-refractivity contribution in [3.63, 3.8) is 0 Å². The van der Waals surface area contributed by atoms with E-state index in [1.165, 1.54) is 18.2 Å². The van der Waals surface area contributed by atoms with Crippen molar-refractivity contribution in [1.82, 2.24) is 0 Å². The fourth-order valence-electron chi connectivity index (χ4n) is 3.16. The number of rotatable bonds is 6. The molecule has 4 rings (SSSR count). The monoisotopic (exact) mass is 442 g/mol. The van der Waals surface area contributed by atoms with Crippen molar-refractivity contribution >= 4 is 23.5 Å². The number of halogens is 1. The van der Waals surface area contributed by atoms with Gasteiger partial charge in [-0.2, -0.15) is 0 Å². The van der Waals surface area contributed by atoms with Crippen LogP contribution in [0.2, 0.25) is 0 Å². The van der Waals surface area contributed by atoms with Crippen LogP contribution in [-0.2, 0) is 23.9 Å². The molecular weight excluding hydrogens is 419 g/mol. The van der Waals surface area contributed by atoms with E-state index >= 15 is 0 Å². The van der Waals surface area contributed by atoms with E-state index in [0.717, 1.165) is 5.75 Å². The average molecular weight is 442 g/mol. The van der Waals surface area contributed by atoms with Gasteiger partial charge in [0.15, 0.2) is 0 Å². The number of cyclic esters (lactones) is 2. The molecule has 2 aromatic carbocycles. The number of para-hydroxylation sites is 1. The minimum atomic E-state index is -0.691. The van der Waals surface area contributed by atoms with Gasteiger partial charge in [-0.3, -0.25) is 4.79 Å². The van der Waals surface area contributed by atoms with Crippen molar-refractivity contribution in [3.8, 4) is 11.5 Å². The van der Waals surface area contributed by atoms with Crippen molar-refractivity contribution in [2.75, 3.05) is 19.8 Å². The zero-order valence-corrected chi connectivity index (χ0v) is 17.6. The Labute approximate surface area is 184 Å². The third kappa shape index (κ3) is 5.94. The molecule has 2 aliphatic rings. The van der Waals surface area contributed by atoms with Gasteiger partial charge in [0.05, 0.1) is 31.0 Å². The number of esters is 3. The first-order chi connectivity index (χ1) is 15.5. The Morgan fingerprint density at radius 2 is 1.88 bits per heavy atom. The van der Waals surface area contributed by atoms with E-state index in [1.54, 1.807) is 6.92 Å². The predicted molar refractivity (Wildman–Crippen MR) is 112 cm³/mol. The second kappa shape index (κ2) is 11.1. The highest BCUT2D eigenvalue weighted by Gasteiger charge is 2.36. The minimum Gasteiger partial charge on any atom is -0.494 e. The van der Waals surface area contributed by atoms with Crippen molar-refractivity contribution < 1.29 is 37.7 Å². The van der Waals surface area contributed by atoms with Crippen LogP contribution in [0.5, 0.6) is 11.5 Å². The first kappa shape index (κ1) is 23.0. The van der Waals surface area contributed by atoms with Gasteiger partial charge in [-0.05, 0) is 37.6 Å². The number of carbonyl (C=O) groups excluding carboxylic acids is 3. The van der Waals surface area contributed by atoms with Crippen LogP contribution in [0.1, 0.15) is 31.7 Å². The first-order valence-electron chi connectivity index (χ1n) is 10.3. The Hall–Kier alpha value is -3.68. The highest BCUT2D eigenvalue weighted by atomic mass is 19.1. The lowest BCUT2D eigenvalue weighted by Gasteiger charge is -2.07. The summed E-state index contributed by atoms with van der Waals surface area (Å²) in [5, 5.41) is 0. The predicted octanol–water partition coefficient (Wildman–Crippen LogP) is 3.85. The highest BCUT2D eigenvalue weighted by Crippen LogP contribution is 2.37. The van der Waals surface area contributed by atoms with E-state index in [0.29, 0.717) is 37.2 Å². The van der Waals surface area contributed by atoms with Gasteiger partial charge < -0.3 is 18.9 Å². The Bertz CT molecular complexity index is 1010. The van der Waals surface area contributed by atoms with Crippen molar-refractivity contribution in [1.29, 1.82) is 0 Å². The maximum Gasteiger partial charge on any atom is 0.347 e. The van der Waals surface area contributed by atoms with Gasteiger partial charge in [-0.25, -0.2) is 14.0 Å². The molecule has 0 saturated heterocycles. The summed E-state index contributed by atoms with van der Waals surface area (Å²) in [4.78, 5) is 34.0. The van der Waals surface area contributed by atoms with Crippen LogP contribution in [0.4, 0.5) is 4.39 Å². The van der Waals surface area contributed by atoms with Gasteiger partial charge in [0.25, 0.3) is 0 Å². The summed E-state index contributed by atoms with van der Waals surface area (Å²) in [6, 6.07) is 13.4. The van der Waals surface area contributed by atoms with Crippen LogP contribution in [-0.4, -0.2) is 37.7 Å². The molecule has 0 bridgehead atoms. The number of hydrogen-bond donors (Lipinski definition) is 0. The minimum absolute atomic E-state index is 0.158. The number of carbonyl (C=O) groups is 3. The summed E-state index contributed by atoms with van der Waals surface area (Å²) in [5.41, 5.74) is 0.914. The van der Waals surface area contributed by atoms with Gasteiger partial charge in [0, 0.05) is 24.5 Å². The van der Waals surface area contributed by atoms with Crippen LogP contribution in [0, 0.1) is 5.82 Å². The van der Waals surface area contributed by atoms with E-state index in [-0.39, 0.29) is 30.3 Å². The molecule has 2 heterocycles. The molecule has 32 heavy (non-hydrogen) atoms. The zero-order valence-electron chi connectivity index (χ0n) is 17.6. The lowest BCUT2D eigenvalue weighted by Crippen LogP contribution is -2.06. The number of hydrogen-bond acceptors (Lipinski definition) is 7. The van der Waals surface area contributed by atoms with Crippen molar-refractivity contribution in [2.24, 2.45) is 0 Å². The Kier molecular flexibility index (Phi) is 7.96. The molecule has 0 fully saturated rings. The maximum absolute atomic E-state index is 13.1. The average Bonchev–Trinajstić information content (AvgIpc) is 2.94. The molecule has 0 spiro atoms. The van der Waals surface area contributed by atoms with Gasteiger partial charge in [-0.1, -0.05) is 18.2 Å². The largest absolute Gasteiger partial charge is 0.494 e. The zero-order chi connectivity index (χ0) is 22.9. The molecule has 0 aromatic heterocycles. The van der Waals surface area contributed by atoms with E-state index in [9.17, 15) is 18.8 Å². The summed E-state index contributed by atoms with van der Waals surface area (Å²) in [6.45, 7) is 3.01. The third-order valence-electron chi connectivity index (χ3n) is 4.60. The SMILES string of the molecule is CCOC(=O)CCCOc1ccccc1.O=C1OC(=O)C2=C1CCOc1cc(F)ccc12. The third-order valence-corrected chi connectivity index (χ3v) is 4.60. The molecule has 0 radical (unpaired) electrons. The van der Waals surface area contributed by atoms with E-state index < -0.39 is 17.8 Å². The Morgan fingerprint density at radius 3 is 2.62 bits per heavy atom. The Morgan fingerprint density at radius 1 is 1.09 bits per heavy atom. The first-order valence-corrected chi connectivity index (χ1v) is 10.3. The topological polar surface area (TPSA) is 88.1 Å². The van der Waals surface area contributed by atoms with Crippen LogP contribution < -0.4 is 9.47 Å². The summed E-state index contributed by atoms with van der Waals surface area (Å²) in [5.74, 6) is -0.836. The van der Waals surface area contributed by atoms with Crippen LogP contribution in [0.25, 0.3) is 5.57 Å². The summed E-state index contributed by atoms with van der Waals surface area (Å²) in [6.07, 6.45) is 1.39. The second-order valence-electron chi connectivity index (χ2n) is 6.84. The van der Waals surface area contributed by atoms with E-state index in [2.05, 4.69) is 4.74 Å². The molecule has 0 amide bonds. The van der Waals surface area contributed by atoms with Gasteiger partial charge in [-0.15, -0.1) is 0 Å². The molecule has 0 saturated carbocycles. The van der Waals surface area contributed by atoms with Crippen LogP contribution in [0.3, 0.4) is 0 Å². The number of benzene rings is 2. The molecule has 8 heteroatoms. The highest BCUT2D eigenvalue weighted by molar-refractivity contribution is 6.31. The van der Waals surface area contributed by atoms with E-state index in [1.807, 2.05) is 30.3 Å².